The van der Waals surface area contributed by atoms with E-state index in [2.05, 4.69) is 0 Å². The summed E-state index contributed by atoms with van der Waals surface area (Å²) in [6.07, 6.45) is 0.580. The van der Waals surface area contributed by atoms with Crippen LogP contribution in [0.25, 0.3) is 0 Å². The van der Waals surface area contributed by atoms with E-state index in [9.17, 15) is 4.79 Å². The van der Waals surface area contributed by atoms with Crippen LogP contribution in [0.15, 0.2) is 0 Å². The lowest BCUT2D eigenvalue weighted by atomic mass is 10.2. The molecule has 4 heteroatoms. The van der Waals surface area contributed by atoms with Crippen LogP contribution in [0.1, 0.15) is 26.7 Å². The van der Waals surface area contributed by atoms with Crippen molar-refractivity contribution in [2.75, 3.05) is 6.61 Å². The highest BCUT2D eigenvalue weighted by atomic mass is 16.6. The molecule has 0 bridgehead atoms. The van der Waals surface area contributed by atoms with E-state index in [1.54, 1.807) is 13.8 Å². The Hall–Kier alpha value is -0.610. The minimum Gasteiger partial charge on any atom is -0.463 e. The largest absolute Gasteiger partial charge is 0.463 e. The fraction of sp³-hybridized carbons (Fsp3) is 0.889. The van der Waals surface area contributed by atoms with Crippen LogP contribution in [0.3, 0.4) is 0 Å². The number of carbonyl (C=O) groups is 1. The average molecular weight is 188 g/mol. The summed E-state index contributed by atoms with van der Waals surface area (Å²) in [7, 11) is 0. The van der Waals surface area contributed by atoms with Crippen molar-refractivity contribution in [2.45, 2.75) is 39.1 Å². The van der Waals surface area contributed by atoms with E-state index < -0.39 is 6.29 Å². The van der Waals surface area contributed by atoms with Gasteiger partial charge >= 0.3 is 5.97 Å². The first-order valence-electron chi connectivity index (χ1n) is 4.59. The highest BCUT2D eigenvalue weighted by Gasteiger charge is 2.24. The van der Waals surface area contributed by atoms with E-state index >= 15 is 0 Å². The topological polar surface area (TPSA) is 55.8 Å². The maximum absolute atomic E-state index is 11.0. The van der Waals surface area contributed by atoms with Crippen molar-refractivity contribution in [3.63, 3.8) is 0 Å². The van der Waals surface area contributed by atoms with Crippen molar-refractivity contribution in [1.82, 2.24) is 0 Å². The molecular weight excluding hydrogens is 172 g/mol. The Balaban J connectivity index is 2.16. The van der Waals surface area contributed by atoms with Crippen molar-refractivity contribution < 1.29 is 19.4 Å². The summed E-state index contributed by atoms with van der Waals surface area (Å²) in [4.78, 5) is 11.0. The number of hydrogen-bond donors (Lipinski definition) is 1. The fourth-order valence-electron chi connectivity index (χ4n) is 1.15. The number of esters is 1. The van der Waals surface area contributed by atoms with Crippen LogP contribution in [0.5, 0.6) is 0 Å². The van der Waals surface area contributed by atoms with Gasteiger partial charge in [-0.05, 0) is 6.42 Å². The molecular formula is C9H16O4. The lowest BCUT2D eigenvalue weighted by molar-refractivity contribution is -0.155. The zero-order valence-corrected chi connectivity index (χ0v) is 8.03. The van der Waals surface area contributed by atoms with Crippen molar-refractivity contribution >= 4 is 5.97 Å². The Morgan fingerprint density at radius 2 is 2.31 bits per heavy atom. The maximum Gasteiger partial charge on any atom is 0.308 e. The Bertz CT molecular complexity index is 178. The minimum absolute atomic E-state index is 0.105. The van der Waals surface area contributed by atoms with Crippen molar-refractivity contribution in [1.29, 1.82) is 0 Å². The van der Waals surface area contributed by atoms with Crippen LogP contribution in [0.4, 0.5) is 0 Å². The van der Waals surface area contributed by atoms with Crippen molar-refractivity contribution in [2.24, 2.45) is 5.92 Å². The van der Waals surface area contributed by atoms with Gasteiger partial charge in [0.1, 0.15) is 6.61 Å². The average Bonchev–Trinajstić information content (AvgIpc) is 2.47. The predicted molar refractivity (Wildman–Crippen MR) is 45.9 cm³/mol. The molecule has 1 aliphatic heterocycles. The lowest BCUT2D eigenvalue weighted by Gasteiger charge is -2.12. The molecule has 1 rings (SSSR count). The van der Waals surface area contributed by atoms with Gasteiger partial charge in [-0.25, -0.2) is 0 Å². The Kier molecular flexibility index (Phi) is 3.69. The number of carbonyl (C=O) groups excluding carboxylic acids is 1. The van der Waals surface area contributed by atoms with Gasteiger partial charge in [-0.3, -0.25) is 4.79 Å². The lowest BCUT2D eigenvalue weighted by Crippen LogP contribution is -2.21. The fourth-order valence-corrected chi connectivity index (χ4v) is 1.15. The molecule has 1 heterocycles. The zero-order valence-electron chi connectivity index (χ0n) is 8.03. The maximum atomic E-state index is 11.0. The molecule has 1 N–H and O–H groups in total. The van der Waals surface area contributed by atoms with E-state index in [4.69, 9.17) is 14.6 Å². The standard InChI is InChI=1S/C9H16O4/c1-6(2)9(11)12-5-7-3-4-8(10)13-7/h6-8,10H,3-5H2,1-2H3. The van der Waals surface area contributed by atoms with Crippen LogP contribution in [-0.2, 0) is 14.3 Å². The molecule has 0 saturated carbocycles. The molecule has 1 aliphatic rings. The van der Waals surface area contributed by atoms with Gasteiger partial charge in [0.15, 0.2) is 6.29 Å². The summed E-state index contributed by atoms with van der Waals surface area (Å²) in [5.41, 5.74) is 0. The van der Waals surface area contributed by atoms with Gasteiger partial charge in [0.2, 0.25) is 0 Å². The van der Waals surface area contributed by atoms with Crippen LogP contribution >= 0.6 is 0 Å². The van der Waals surface area contributed by atoms with Crippen LogP contribution in [0.2, 0.25) is 0 Å². The molecule has 4 nitrogen and oxygen atoms in total. The van der Waals surface area contributed by atoms with Gasteiger partial charge in [-0.1, -0.05) is 13.8 Å². The number of aliphatic hydroxyl groups excluding tert-OH is 1. The van der Waals surface area contributed by atoms with E-state index in [0.29, 0.717) is 6.42 Å². The molecule has 2 atom stereocenters. The molecule has 76 valence electrons. The quantitative estimate of drug-likeness (QED) is 0.662. The van der Waals surface area contributed by atoms with Gasteiger partial charge < -0.3 is 14.6 Å². The molecule has 0 aromatic heterocycles. The smallest absolute Gasteiger partial charge is 0.308 e. The summed E-state index contributed by atoms with van der Waals surface area (Å²) in [6, 6.07) is 0. The second kappa shape index (κ2) is 4.58. The third-order valence-electron chi connectivity index (χ3n) is 1.97. The summed E-state index contributed by atoms with van der Waals surface area (Å²) in [6.45, 7) is 3.83. The van der Waals surface area contributed by atoms with Crippen LogP contribution in [-0.4, -0.2) is 30.1 Å². The number of hydrogen-bond acceptors (Lipinski definition) is 4. The van der Waals surface area contributed by atoms with Crippen molar-refractivity contribution in [3.05, 3.63) is 0 Å². The third kappa shape index (κ3) is 3.32. The normalized spacial score (nSPS) is 28.0. The van der Waals surface area contributed by atoms with E-state index in [0.717, 1.165) is 6.42 Å². The molecule has 0 radical (unpaired) electrons. The molecule has 0 aromatic rings. The number of rotatable bonds is 3. The van der Waals surface area contributed by atoms with Gasteiger partial charge in [-0.2, -0.15) is 0 Å². The van der Waals surface area contributed by atoms with E-state index in [1.807, 2.05) is 0 Å². The Labute approximate surface area is 77.8 Å². The van der Waals surface area contributed by atoms with E-state index in [1.165, 1.54) is 0 Å². The molecule has 2 unspecified atom stereocenters. The highest BCUT2D eigenvalue weighted by molar-refractivity contribution is 5.71. The number of aliphatic hydroxyl groups is 1. The van der Waals surface area contributed by atoms with Gasteiger partial charge in [-0.15, -0.1) is 0 Å². The first kappa shape index (κ1) is 10.5. The second-order valence-electron chi connectivity index (χ2n) is 3.57. The summed E-state index contributed by atoms with van der Waals surface area (Å²) in [5.74, 6) is -0.323. The molecule has 0 aromatic carbocycles. The molecule has 0 spiro atoms. The number of ether oxygens (including phenoxy) is 2. The first-order valence-corrected chi connectivity index (χ1v) is 4.59. The summed E-state index contributed by atoms with van der Waals surface area (Å²) < 4.78 is 10.0. The van der Waals surface area contributed by atoms with Gasteiger partial charge in [0, 0.05) is 6.42 Å². The minimum atomic E-state index is -0.678. The SMILES string of the molecule is CC(C)C(=O)OCC1CCC(O)O1. The van der Waals surface area contributed by atoms with Crippen molar-refractivity contribution in [3.8, 4) is 0 Å². The Morgan fingerprint density at radius 1 is 1.62 bits per heavy atom. The van der Waals surface area contributed by atoms with Gasteiger partial charge in [0.05, 0.1) is 12.0 Å². The molecule has 0 aliphatic carbocycles. The van der Waals surface area contributed by atoms with Crippen LogP contribution < -0.4 is 0 Å². The highest BCUT2D eigenvalue weighted by Crippen LogP contribution is 2.17. The zero-order chi connectivity index (χ0) is 9.84. The first-order chi connectivity index (χ1) is 6.09. The summed E-state index contributed by atoms with van der Waals surface area (Å²) in [5, 5.41) is 9.01. The Morgan fingerprint density at radius 3 is 2.77 bits per heavy atom. The molecule has 1 saturated heterocycles. The van der Waals surface area contributed by atoms with Gasteiger partial charge in [0.25, 0.3) is 0 Å². The third-order valence-corrected chi connectivity index (χ3v) is 1.97. The monoisotopic (exact) mass is 188 g/mol. The summed E-state index contributed by atoms with van der Waals surface area (Å²) >= 11 is 0. The van der Waals surface area contributed by atoms with Crippen LogP contribution in [0, 0.1) is 5.92 Å². The molecule has 0 amide bonds. The predicted octanol–water partition coefficient (Wildman–Crippen LogP) is 0.683. The molecule has 1 fully saturated rings. The molecule has 13 heavy (non-hydrogen) atoms. The second-order valence-corrected chi connectivity index (χ2v) is 3.57. The van der Waals surface area contributed by atoms with E-state index in [-0.39, 0.29) is 24.6 Å².